The van der Waals surface area contributed by atoms with Gasteiger partial charge in [0.05, 0.1) is 13.0 Å². The fourth-order valence-electron chi connectivity index (χ4n) is 3.94. The van der Waals surface area contributed by atoms with E-state index in [0.717, 1.165) is 40.0 Å². The first-order valence-corrected chi connectivity index (χ1v) is 11.0. The van der Waals surface area contributed by atoms with Gasteiger partial charge in [0.1, 0.15) is 18.1 Å². The van der Waals surface area contributed by atoms with Crippen molar-refractivity contribution >= 4 is 38.8 Å². The highest BCUT2D eigenvalue weighted by molar-refractivity contribution is 7.19. The number of ketones is 1. The zero-order chi connectivity index (χ0) is 19.5. The predicted molar refractivity (Wildman–Crippen MR) is 116 cm³/mol. The number of alkyl halides is 1. The Balaban J connectivity index is 1.75. The van der Waals surface area contributed by atoms with E-state index < -0.39 is 0 Å². The van der Waals surface area contributed by atoms with Gasteiger partial charge in [-0.2, -0.15) is 0 Å². The Bertz CT molecular complexity index is 971. The van der Waals surface area contributed by atoms with Crippen LogP contribution >= 0.6 is 22.9 Å². The van der Waals surface area contributed by atoms with Gasteiger partial charge in [-0.25, -0.2) is 0 Å². The molecule has 0 aliphatic heterocycles. The number of carbonyl (C=O) groups is 1. The monoisotopic (exact) mass is 414 g/mol. The van der Waals surface area contributed by atoms with Crippen LogP contribution in [0.1, 0.15) is 52.4 Å². The summed E-state index contributed by atoms with van der Waals surface area (Å²) in [6, 6.07) is 13.4. The van der Waals surface area contributed by atoms with Gasteiger partial charge in [-0.15, -0.1) is 22.9 Å². The molecule has 3 aromatic rings. The molecule has 146 valence electrons. The van der Waals surface area contributed by atoms with Gasteiger partial charge in [0.2, 0.25) is 0 Å². The second-order valence-corrected chi connectivity index (χ2v) is 8.54. The summed E-state index contributed by atoms with van der Waals surface area (Å²) in [5.74, 6) is 2.56. The molecule has 0 bridgehead atoms. The van der Waals surface area contributed by atoms with E-state index in [4.69, 9.17) is 21.1 Å². The van der Waals surface area contributed by atoms with Crippen molar-refractivity contribution in [2.75, 3.05) is 19.6 Å². The van der Waals surface area contributed by atoms with Gasteiger partial charge in [0.25, 0.3) is 0 Å². The van der Waals surface area contributed by atoms with Crippen molar-refractivity contribution in [3.63, 3.8) is 0 Å². The van der Waals surface area contributed by atoms with Crippen LogP contribution in [0.15, 0.2) is 42.5 Å². The molecule has 1 saturated carbocycles. The minimum Gasteiger partial charge on any atom is -0.497 e. The molecule has 4 rings (SSSR count). The van der Waals surface area contributed by atoms with E-state index in [9.17, 15) is 4.79 Å². The van der Waals surface area contributed by atoms with Crippen LogP contribution in [0.4, 0.5) is 0 Å². The number of carbonyl (C=O) groups excluding carboxylic acids is 1. The van der Waals surface area contributed by atoms with Crippen molar-refractivity contribution in [2.24, 2.45) is 0 Å². The van der Waals surface area contributed by atoms with Gasteiger partial charge in [0, 0.05) is 26.1 Å². The molecular weight excluding hydrogens is 392 g/mol. The van der Waals surface area contributed by atoms with E-state index in [1.165, 1.54) is 17.7 Å². The lowest BCUT2D eigenvalue weighted by molar-refractivity contribution is 0.103. The molecule has 0 spiro atoms. The fraction of sp³-hybridized carbons (Fsp3) is 0.348. The molecule has 3 nitrogen and oxygen atoms in total. The highest BCUT2D eigenvalue weighted by Gasteiger charge is 2.27. The van der Waals surface area contributed by atoms with Crippen molar-refractivity contribution in [3.05, 3.63) is 58.5 Å². The summed E-state index contributed by atoms with van der Waals surface area (Å²) < 4.78 is 12.0. The average molecular weight is 415 g/mol. The Labute approximate surface area is 174 Å². The van der Waals surface area contributed by atoms with Crippen molar-refractivity contribution in [1.82, 2.24) is 0 Å². The molecule has 0 atom stereocenters. The number of benzene rings is 2. The Morgan fingerprint density at radius 2 is 1.82 bits per heavy atom. The SMILES string of the molecule is COc1ccc2c(C(=O)c3ccc(OCCCl)cc3)c(C3CCCC3)sc2c1. The van der Waals surface area contributed by atoms with E-state index >= 15 is 0 Å². The van der Waals surface area contributed by atoms with Crippen molar-refractivity contribution in [3.8, 4) is 11.5 Å². The summed E-state index contributed by atoms with van der Waals surface area (Å²) in [4.78, 5) is 14.7. The number of rotatable bonds is 7. The van der Waals surface area contributed by atoms with Crippen LogP contribution in [-0.2, 0) is 0 Å². The number of thiophene rings is 1. The Hall–Kier alpha value is -2.04. The van der Waals surface area contributed by atoms with E-state index in [0.29, 0.717) is 24.0 Å². The van der Waals surface area contributed by atoms with E-state index in [1.54, 1.807) is 18.4 Å². The Morgan fingerprint density at radius 3 is 2.50 bits per heavy atom. The van der Waals surface area contributed by atoms with Crippen molar-refractivity contribution in [1.29, 1.82) is 0 Å². The standard InChI is InChI=1S/C23H23ClO3S/c1-26-18-10-11-19-20(14-18)28-23(16-4-2-3-5-16)21(19)22(25)15-6-8-17(9-7-15)27-13-12-24/h6-11,14,16H,2-5,12-13H2,1H3. The van der Waals surface area contributed by atoms with Gasteiger partial charge in [-0.1, -0.05) is 12.8 Å². The summed E-state index contributed by atoms with van der Waals surface area (Å²) in [5, 5.41) is 1.03. The van der Waals surface area contributed by atoms with Gasteiger partial charge in [-0.3, -0.25) is 4.79 Å². The van der Waals surface area contributed by atoms with Crippen LogP contribution in [0.2, 0.25) is 0 Å². The molecular formula is C23H23ClO3S. The molecule has 1 aliphatic rings. The maximum atomic E-state index is 13.5. The molecule has 1 aromatic heterocycles. The van der Waals surface area contributed by atoms with Gasteiger partial charge in [0.15, 0.2) is 5.78 Å². The second kappa shape index (κ2) is 8.54. The molecule has 0 unspecified atom stereocenters. The molecule has 1 fully saturated rings. The summed E-state index contributed by atoms with van der Waals surface area (Å²) >= 11 is 7.42. The van der Waals surface area contributed by atoms with E-state index in [2.05, 4.69) is 0 Å². The quantitative estimate of drug-likeness (QED) is 0.330. The summed E-state index contributed by atoms with van der Waals surface area (Å²) in [6.45, 7) is 0.456. The normalized spacial score (nSPS) is 14.5. The van der Waals surface area contributed by atoms with Gasteiger partial charge in [-0.05, 0) is 61.2 Å². The lowest BCUT2D eigenvalue weighted by Crippen LogP contribution is -2.06. The van der Waals surface area contributed by atoms with Crippen LogP contribution in [-0.4, -0.2) is 25.4 Å². The number of halogens is 1. The molecule has 28 heavy (non-hydrogen) atoms. The van der Waals surface area contributed by atoms with Crippen LogP contribution < -0.4 is 9.47 Å². The van der Waals surface area contributed by atoms with Crippen molar-refractivity contribution < 1.29 is 14.3 Å². The van der Waals surface area contributed by atoms with Crippen molar-refractivity contribution in [2.45, 2.75) is 31.6 Å². The number of methoxy groups -OCH3 is 1. The highest BCUT2D eigenvalue weighted by Crippen LogP contribution is 2.44. The maximum absolute atomic E-state index is 13.5. The third kappa shape index (κ3) is 3.76. The summed E-state index contributed by atoms with van der Waals surface area (Å²) in [6.07, 6.45) is 4.80. The number of ether oxygens (including phenoxy) is 2. The molecule has 2 aromatic carbocycles. The molecule has 0 N–H and O–H groups in total. The Morgan fingerprint density at radius 1 is 1.11 bits per heavy atom. The lowest BCUT2D eigenvalue weighted by Gasteiger charge is -2.11. The lowest BCUT2D eigenvalue weighted by atomic mass is 9.94. The van der Waals surface area contributed by atoms with Crippen LogP contribution in [0.5, 0.6) is 11.5 Å². The number of hydrogen-bond donors (Lipinski definition) is 0. The molecule has 1 aliphatic carbocycles. The predicted octanol–water partition coefficient (Wildman–Crippen LogP) is 6.42. The topological polar surface area (TPSA) is 35.5 Å². The zero-order valence-corrected chi connectivity index (χ0v) is 17.4. The van der Waals surface area contributed by atoms with Crippen LogP contribution in [0.25, 0.3) is 10.1 Å². The number of hydrogen-bond acceptors (Lipinski definition) is 4. The van der Waals surface area contributed by atoms with Gasteiger partial charge < -0.3 is 9.47 Å². The maximum Gasteiger partial charge on any atom is 0.194 e. The summed E-state index contributed by atoms with van der Waals surface area (Å²) in [7, 11) is 1.67. The third-order valence-corrected chi connectivity index (χ3v) is 6.81. The van der Waals surface area contributed by atoms with Crippen LogP contribution in [0.3, 0.4) is 0 Å². The Kier molecular flexibility index (Phi) is 5.88. The first-order chi connectivity index (χ1) is 13.7. The molecule has 0 saturated heterocycles. The first kappa shape index (κ1) is 19.3. The van der Waals surface area contributed by atoms with E-state index in [-0.39, 0.29) is 5.78 Å². The molecule has 1 heterocycles. The second-order valence-electron chi connectivity index (χ2n) is 7.08. The summed E-state index contributed by atoms with van der Waals surface area (Å²) in [5.41, 5.74) is 1.55. The molecule has 0 amide bonds. The largest absolute Gasteiger partial charge is 0.497 e. The molecule has 0 radical (unpaired) electrons. The minimum absolute atomic E-state index is 0.0854. The third-order valence-electron chi connectivity index (χ3n) is 5.34. The number of fused-ring (bicyclic) bond motifs is 1. The van der Waals surface area contributed by atoms with Crippen LogP contribution in [0, 0.1) is 0 Å². The zero-order valence-electron chi connectivity index (χ0n) is 15.9. The highest BCUT2D eigenvalue weighted by atomic mass is 35.5. The minimum atomic E-state index is 0.0854. The fourth-order valence-corrected chi connectivity index (χ4v) is 5.41. The average Bonchev–Trinajstić information content (AvgIpc) is 3.39. The van der Waals surface area contributed by atoms with Gasteiger partial charge >= 0.3 is 0 Å². The first-order valence-electron chi connectivity index (χ1n) is 9.65. The van der Waals surface area contributed by atoms with E-state index in [1.807, 2.05) is 42.5 Å². The smallest absolute Gasteiger partial charge is 0.194 e. The molecule has 5 heteroatoms.